The number of carbonyl (C=O) groups excluding carboxylic acids is 2. The Morgan fingerprint density at radius 1 is 1.33 bits per heavy atom. The van der Waals surface area contributed by atoms with Gasteiger partial charge in [-0.3, -0.25) is 0 Å². The Balaban J connectivity index is 2.11. The highest BCUT2D eigenvalue weighted by molar-refractivity contribution is 5.94. The molecule has 1 unspecified atom stereocenters. The van der Waals surface area contributed by atoms with Crippen molar-refractivity contribution in [2.24, 2.45) is 0 Å². The highest BCUT2D eigenvalue weighted by Crippen LogP contribution is 2.21. The highest BCUT2D eigenvalue weighted by Gasteiger charge is 2.26. The summed E-state index contributed by atoms with van der Waals surface area (Å²) in [5, 5.41) is 0. The van der Waals surface area contributed by atoms with E-state index in [0.29, 0.717) is 11.3 Å². The summed E-state index contributed by atoms with van der Waals surface area (Å²) in [7, 11) is 1.46. The fraction of sp³-hybridized carbons (Fsp3) is 0.231. The van der Waals surface area contributed by atoms with E-state index in [1.54, 1.807) is 31.2 Å². The minimum absolute atomic E-state index is 0.286. The summed E-state index contributed by atoms with van der Waals surface area (Å²) in [6.45, 7) is 1.60. The van der Waals surface area contributed by atoms with Gasteiger partial charge in [-0.15, -0.1) is 0 Å². The van der Waals surface area contributed by atoms with Gasteiger partial charge in [0.25, 0.3) is 6.29 Å². The second-order valence-electron chi connectivity index (χ2n) is 3.73. The molecule has 0 saturated heterocycles. The van der Waals surface area contributed by atoms with Crippen molar-refractivity contribution in [2.75, 3.05) is 7.11 Å². The van der Waals surface area contributed by atoms with E-state index in [1.165, 1.54) is 13.2 Å². The molecule has 0 spiro atoms. The number of methoxy groups -OCH3 is 1. The van der Waals surface area contributed by atoms with Crippen molar-refractivity contribution < 1.29 is 23.8 Å². The van der Waals surface area contributed by atoms with Crippen LogP contribution >= 0.6 is 0 Å². The van der Waals surface area contributed by atoms with Crippen LogP contribution in [0, 0.1) is 0 Å². The third-order valence-electron chi connectivity index (χ3n) is 2.48. The number of ether oxygens (including phenoxy) is 3. The van der Waals surface area contributed by atoms with Gasteiger partial charge in [0.05, 0.1) is 7.11 Å². The molecule has 1 aromatic carbocycles. The Hall–Kier alpha value is -2.30. The van der Waals surface area contributed by atoms with E-state index >= 15 is 0 Å². The normalized spacial score (nSPS) is 18.0. The van der Waals surface area contributed by atoms with Crippen molar-refractivity contribution >= 4 is 11.9 Å². The summed E-state index contributed by atoms with van der Waals surface area (Å²) in [4.78, 5) is 23.0. The van der Waals surface area contributed by atoms with Crippen LogP contribution in [0.2, 0.25) is 0 Å². The molecule has 1 aromatic rings. The van der Waals surface area contributed by atoms with E-state index < -0.39 is 18.2 Å². The number of carbonyl (C=O) groups is 2. The summed E-state index contributed by atoms with van der Waals surface area (Å²) in [6, 6.07) is 6.67. The molecular formula is C13H12O5. The zero-order valence-corrected chi connectivity index (χ0v) is 10.0. The maximum absolute atomic E-state index is 11.9. The van der Waals surface area contributed by atoms with E-state index in [0.717, 1.165) is 0 Å². The maximum atomic E-state index is 11.9. The average molecular weight is 248 g/mol. The van der Waals surface area contributed by atoms with Gasteiger partial charge in [0.1, 0.15) is 11.3 Å². The molecule has 1 aliphatic heterocycles. The highest BCUT2D eigenvalue weighted by atomic mass is 16.7. The van der Waals surface area contributed by atoms with Gasteiger partial charge < -0.3 is 14.2 Å². The second-order valence-corrected chi connectivity index (χ2v) is 3.73. The van der Waals surface area contributed by atoms with Gasteiger partial charge in [-0.1, -0.05) is 12.1 Å². The van der Waals surface area contributed by atoms with Crippen LogP contribution in [0.15, 0.2) is 35.9 Å². The average Bonchev–Trinajstić information content (AvgIpc) is 2.68. The van der Waals surface area contributed by atoms with Crippen molar-refractivity contribution in [3.8, 4) is 5.75 Å². The largest absolute Gasteiger partial charge is 0.496 e. The van der Waals surface area contributed by atoms with Gasteiger partial charge in [-0.2, -0.15) is 0 Å². The van der Waals surface area contributed by atoms with Crippen molar-refractivity contribution in [1.29, 1.82) is 0 Å². The predicted molar refractivity (Wildman–Crippen MR) is 62.0 cm³/mol. The lowest BCUT2D eigenvalue weighted by Crippen LogP contribution is -2.18. The van der Waals surface area contributed by atoms with Crippen molar-refractivity contribution in [3.05, 3.63) is 41.5 Å². The number of cyclic esters (lactones) is 1. The Bertz CT molecular complexity index is 518. The lowest BCUT2D eigenvalue weighted by molar-refractivity contribution is -0.151. The van der Waals surface area contributed by atoms with E-state index in [1.807, 2.05) is 0 Å². The molecule has 0 bridgehead atoms. The zero-order valence-electron chi connectivity index (χ0n) is 10.0. The molecule has 0 fully saturated rings. The minimum atomic E-state index is -0.963. The number of benzene rings is 1. The van der Waals surface area contributed by atoms with Crippen LogP contribution in [0.25, 0.3) is 0 Å². The predicted octanol–water partition coefficient (Wildman–Crippen LogP) is 1.68. The van der Waals surface area contributed by atoms with Gasteiger partial charge in [0, 0.05) is 11.6 Å². The van der Waals surface area contributed by atoms with Gasteiger partial charge >= 0.3 is 11.9 Å². The molecule has 94 valence electrons. The maximum Gasteiger partial charge on any atom is 0.345 e. The summed E-state index contributed by atoms with van der Waals surface area (Å²) in [5.74, 6) is -0.670. The van der Waals surface area contributed by atoms with Crippen LogP contribution in [0.3, 0.4) is 0 Å². The monoisotopic (exact) mass is 248 g/mol. The van der Waals surface area contributed by atoms with Crippen LogP contribution in [0.4, 0.5) is 0 Å². The molecule has 0 aliphatic carbocycles. The molecule has 0 amide bonds. The van der Waals surface area contributed by atoms with Gasteiger partial charge in [-0.25, -0.2) is 9.59 Å². The molecule has 1 heterocycles. The van der Waals surface area contributed by atoms with Crippen LogP contribution in [-0.4, -0.2) is 25.3 Å². The van der Waals surface area contributed by atoms with Crippen LogP contribution in [0.1, 0.15) is 17.3 Å². The SMILES string of the molecule is COc1ccccc1C(=O)OC1C=C(C)C(=O)O1. The van der Waals surface area contributed by atoms with Crippen LogP contribution < -0.4 is 4.74 Å². The summed E-state index contributed by atoms with van der Waals surface area (Å²) < 4.78 is 14.9. The van der Waals surface area contributed by atoms with Gasteiger partial charge in [-0.05, 0) is 19.1 Å². The molecule has 0 aromatic heterocycles. The summed E-state index contributed by atoms with van der Waals surface area (Å²) in [6.07, 6.45) is 0.491. The Labute approximate surface area is 104 Å². The van der Waals surface area contributed by atoms with Gasteiger partial charge in [0.15, 0.2) is 0 Å². The molecule has 1 atom stereocenters. The molecule has 5 nitrogen and oxygen atoms in total. The van der Waals surface area contributed by atoms with Crippen molar-refractivity contribution in [1.82, 2.24) is 0 Å². The molecule has 1 aliphatic rings. The first-order valence-corrected chi connectivity index (χ1v) is 5.35. The lowest BCUT2D eigenvalue weighted by atomic mass is 10.2. The first kappa shape index (κ1) is 12.2. The molecule has 5 heteroatoms. The van der Waals surface area contributed by atoms with Crippen molar-refractivity contribution in [2.45, 2.75) is 13.2 Å². The van der Waals surface area contributed by atoms with E-state index in [4.69, 9.17) is 14.2 Å². The Kier molecular flexibility index (Phi) is 3.32. The van der Waals surface area contributed by atoms with E-state index in [-0.39, 0.29) is 5.56 Å². The number of hydrogen-bond acceptors (Lipinski definition) is 5. The Morgan fingerprint density at radius 2 is 2.06 bits per heavy atom. The molecule has 0 radical (unpaired) electrons. The molecular weight excluding hydrogens is 236 g/mol. The van der Waals surface area contributed by atoms with Gasteiger partial charge in [0.2, 0.25) is 0 Å². The standard InChI is InChI=1S/C13H12O5/c1-8-7-11(17-12(8)14)18-13(15)9-5-3-4-6-10(9)16-2/h3-7,11H,1-2H3. The molecule has 0 saturated carbocycles. The Morgan fingerprint density at radius 3 is 2.67 bits per heavy atom. The van der Waals surface area contributed by atoms with Crippen molar-refractivity contribution in [3.63, 3.8) is 0 Å². The quantitative estimate of drug-likeness (QED) is 0.761. The zero-order chi connectivity index (χ0) is 13.1. The number of rotatable bonds is 3. The van der Waals surface area contributed by atoms with Crippen LogP contribution in [-0.2, 0) is 14.3 Å². The first-order chi connectivity index (χ1) is 8.61. The lowest BCUT2D eigenvalue weighted by Gasteiger charge is -2.11. The third kappa shape index (κ3) is 2.34. The fourth-order valence-corrected chi connectivity index (χ4v) is 1.54. The number of para-hydroxylation sites is 1. The fourth-order valence-electron chi connectivity index (χ4n) is 1.54. The number of hydrogen-bond donors (Lipinski definition) is 0. The molecule has 0 N–H and O–H groups in total. The second kappa shape index (κ2) is 4.91. The third-order valence-corrected chi connectivity index (χ3v) is 2.48. The minimum Gasteiger partial charge on any atom is -0.496 e. The summed E-state index contributed by atoms with van der Waals surface area (Å²) >= 11 is 0. The topological polar surface area (TPSA) is 61.8 Å². The van der Waals surface area contributed by atoms with E-state index in [2.05, 4.69) is 0 Å². The smallest absolute Gasteiger partial charge is 0.345 e. The number of esters is 2. The first-order valence-electron chi connectivity index (χ1n) is 5.35. The molecule has 18 heavy (non-hydrogen) atoms. The van der Waals surface area contributed by atoms with Crippen LogP contribution in [0.5, 0.6) is 5.75 Å². The molecule has 2 rings (SSSR count). The summed E-state index contributed by atoms with van der Waals surface area (Å²) in [5.41, 5.74) is 0.710. The van der Waals surface area contributed by atoms with E-state index in [9.17, 15) is 9.59 Å².